The molecule has 6 aromatic rings. The van der Waals surface area contributed by atoms with E-state index in [0.29, 0.717) is 23.6 Å². The van der Waals surface area contributed by atoms with Gasteiger partial charge in [-0.25, -0.2) is 19.7 Å². The fraction of sp³-hybridized carbons (Fsp3) is 0.214. The lowest BCUT2D eigenvalue weighted by Crippen LogP contribution is -2.07. The summed E-state index contributed by atoms with van der Waals surface area (Å²) in [5.41, 5.74) is 6.67. The zero-order chi connectivity index (χ0) is 28.0. The van der Waals surface area contributed by atoms with Gasteiger partial charge < -0.3 is 4.57 Å². The van der Waals surface area contributed by atoms with Crippen LogP contribution in [0, 0.1) is 13.8 Å². The number of imidazole rings is 1. The number of hydrogen-bond donors (Lipinski definition) is 1. The molecule has 1 N–H and O–H groups in total. The first kappa shape index (κ1) is 25.4. The standard InChI is InChI=1S/C28H24F3N9/c1-4-24-33-25-16(2)13-17(3)32-27(25)39(24)15-18-5-7-19(8-6-18)22-14-20(9-10-21(22)26-34-37-38-35-26)40-12-11-23(36-40)28(29,30)31/h5-14H,4,15H2,1-3H3,(H,34,35,37,38). The third-order valence-electron chi connectivity index (χ3n) is 6.77. The second kappa shape index (κ2) is 9.70. The molecule has 0 atom stereocenters. The zero-order valence-corrected chi connectivity index (χ0v) is 21.9. The van der Waals surface area contributed by atoms with Crippen molar-refractivity contribution in [3.63, 3.8) is 0 Å². The Morgan fingerprint density at radius 2 is 1.73 bits per heavy atom. The van der Waals surface area contributed by atoms with Crippen LogP contribution in [0.1, 0.15) is 35.3 Å². The Morgan fingerprint density at radius 3 is 2.40 bits per heavy atom. The molecule has 2 aromatic carbocycles. The highest BCUT2D eigenvalue weighted by Crippen LogP contribution is 2.33. The van der Waals surface area contributed by atoms with Crippen LogP contribution in [0.2, 0.25) is 0 Å². The molecule has 0 bridgehead atoms. The first-order valence-electron chi connectivity index (χ1n) is 12.7. The van der Waals surface area contributed by atoms with E-state index in [2.05, 4.69) is 37.2 Å². The number of fused-ring (bicyclic) bond motifs is 1. The topological polar surface area (TPSA) is 103 Å². The van der Waals surface area contributed by atoms with Gasteiger partial charge in [-0.3, -0.25) is 0 Å². The Hall–Kier alpha value is -4.87. The van der Waals surface area contributed by atoms with Crippen molar-refractivity contribution in [1.29, 1.82) is 0 Å². The van der Waals surface area contributed by atoms with Crippen molar-refractivity contribution < 1.29 is 13.2 Å². The van der Waals surface area contributed by atoms with E-state index in [-0.39, 0.29) is 0 Å². The molecule has 0 radical (unpaired) electrons. The maximum absolute atomic E-state index is 13.1. The maximum atomic E-state index is 13.1. The summed E-state index contributed by atoms with van der Waals surface area (Å²) >= 11 is 0. The molecular formula is C28H24F3N9. The molecule has 202 valence electrons. The lowest BCUT2D eigenvalue weighted by atomic mass is 9.97. The van der Waals surface area contributed by atoms with Crippen LogP contribution in [0.4, 0.5) is 13.2 Å². The van der Waals surface area contributed by atoms with Crippen LogP contribution in [-0.4, -0.2) is 44.9 Å². The van der Waals surface area contributed by atoms with Crippen molar-refractivity contribution in [2.24, 2.45) is 0 Å². The first-order valence-corrected chi connectivity index (χ1v) is 12.7. The van der Waals surface area contributed by atoms with Gasteiger partial charge in [0.05, 0.1) is 12.2 Å². The summed E-state index contributed by atoms with van der Waals surface area (Å²) in [7, 11) is 0. The van der Waals surface area contributed by atoms with Gasteiger partial charge in [-0.1, -0.05) is 31.2 Å². The van der Waals surface area contributed by atoms with E-state index in [1.807, 2.05) is 44.2 Å². The molecule has 0 aliphatic heterocycles. The fourth-order valence-electron chi connectivity index (χ4n) is 4.87. The quantitative estimate of drug-likeness (QED) is 0.289. The van der Waals surface area contributed by atoms with E-state index in [1.54, 1.807) is 18.2 Å². The van der Waals surface area contributed by atoms with Gasteiger partial charge in [-0.15, -0.1) is 5.10 Å². The van der Waals surface area contributed by atoms with Crippen molar-refractivity contribution in [3.8, 4) is 28.2 Å². The van der Waals surface area contributed by atoms with Gasteiger partial charge in [-0.2, -0.15) is 18.3 Å². The van der Waals surface area contributed by atoms with Crippen molar-refractivity contribution in [3.05, 3.63) is 89.1 Å². The molecule has 4 heterocycles. The summed E-state index contributed by atoms with van der Waals surface area (Å²) in [6, 6.07) is 16.2. The van der Waals surface area contributed by atoms with Gasteiger partial charge in [0.15, 0.2) is 17.2 Å². The Labute approximate surface area is 226 Å². The number of tetrazole rings is 1. The predicted octanol–water partition coefficient (Wildman–Crippen LogP) is 5.71. The highest BCUT2D eigenvalue weighted by Gasteiger charge is 2.33. The molecule has 0 saturated carbocycles. The summed E-state index contributed by atoms with van der Waals surface area (Å²) in [4.78, 5) is 9.59. The number of benzene rings is 2. The molecule has 0 unspecified atom stereocenters. The van der Waals surface area contributed by atoms with E-state index in [9.17, 15) is 13.2 Å². The average molecular weight is 544 g/mol. The summed E-state index contributed by atoms with van der Waals surface area (Å²) in [6.07, 6.45) is -2.46. The van der Waals surface area contributed by atoms with E-state index in [4.69, 9.17) is 9.97 Å². The number of aromatic nitrogens is 9. The molecule has 6 rings (SSSR count). The molecule has 0 aliphatic rings. The number of halogens is 3. The average Bonchev–Trinajstić information content (AvgIpc) is 3.70. The molecular weight excluding hydrogens is 519 g/mol. The minimum absolute atomic E-state index is 0.441. The normalized spacial score (nSPS) is 11.9. The third-order valence-corrected chi connectivity index (χ3v) is 6.77. The summed E-state index contributed by atoms with van der Waals surface area (Å²) in [5.74, 6) is 1.40. The lowest BCUT2D eigenvalue weighted by Gasteiger charge is -2.12. The van der Waals surface area contributed by atoms with Crippen molar-refractivity contribution >= 4 is 11.2 Å². The van der Waals surface area contributed by atoms with Gasteiger partial charge in [0.2, 0.25) is 0 Å². The number of aromatic amines is 1. The SMILES string of the molecule is CCc1nc2c(C)cc(C)nc2n1Cc1ccc(-c2cc(-n3ccc(C(F)(F)F)n3)ccc2-c2nnn[nH]2)cc1. The molecule has 0 amide bonds. The molecule has 4 aromatic heterocycles. The molecule has 12 heteroatoms. The Bertz CT molecular complexity index is 1810. The number of aryl methyl sites for hydroxylation is 3. The number of nitrogens with one attached hydrogen (secondary N) is 1. The van der Waals surface area contributed by atoms with E-state index in [0.717, 1.165) is 57.4 Å². The van der Waals surface area contributed by atoms with Crippen molar-refractivity contribution in [2.45, 2.75) is 39.9 Å². The van der Waals surface area contributed by atoms with Gasteiger partial charge in [-0.05, 0) is 76.9 Å². The second-order valence-electron chi connectivity index (χ2n) is 9.54. The van der Waals surface area contributed by atoms with E-state index in [1.165, 1.54) is 10.9 Å². The number of nitrogens with zero attached hydrogens (tertiary/aromatic N) is 8. The van der Waals surface area contributed by atoms with Gasteiger partial charge in [0.1, 0.15) is 11.3 Å². The molecule has 9 nitrogen and oxygen atoms in total. The highest BCUT2D eigenvalue weighted by atomic mass is 19.4. The van der Waals surface area contributed by atoms with Gasteiger partial charge in [0.25, 0.3) is 0 Å². The van der Waals surface area contributed by atoms with Crippen LogP contribution in [0.5, 0.6) is 0 Å². The van der Waals surface area contributed by atoms with Crippen molar-refractivity contribution in [2.75, 3.05) is 0 Å². The van der Waals surface area contributed by atoms with Crippen LogP contribution >= 0.6 is 0 Å². The minimum atomic E-state index is -4.53. The van der Waals surface area contributed by atoms with Crippen LogP contribution in [0.15, 0.2) is 60.8 Å². The maximum Gasteiger partial charge on any atom is 0.435 e. The molecule has 0 spiro atoms. The molecule has 40 heavy (non-hydrogen) atoms. The van der Waals surface area contributed by atoms with E-state index >= 15 is 0 Å². The van der Waals surface area contributed by atoms with Gasteiger partial charge in [0, 0.05) is 23.9 Å². The second-order valence-corrected chi connectivity index (χ2v) is 9.54. The Morgan fingerprint density at radius 1 is 0.925 bits per heavy atom. The monoisotopic (exact) mass is 543 g/mol. The summed E-state index contributed by atoms with van der Waals surface area (Å²) in [5, 5.41) is 17.9. The third kappa shape index (κ3) is 4.61. The Kier molecular flexibility index (Phi) is 6.16. The number of hydrogen-bond acceptors (Lipinski definition) is 6. The van der Waals surface area contributed by atoms with Crippen LogP contribution in [-0.2, 0) is 19.1 Å². The number of alkyl halides is 3. The number of rotatable bonds is 6. The summed E-state index contributed by atoms with van der Waals surface area (Å²) in [6.45, 7) is 6.70. The molecule has 0 saturated heterocycles. The van der Waals surface area contributed by atoms with Gasteiger partial charge >= 0.3 is 6.18 Å². The largest absolute Gasteiger partial charge is 0.435 e. The summed E-state index contributed by atoms with van der Waals surface area (Å²) < 4.78 is 42.8. The van der Waals surface area contributed by atoms with Crippen LogP contribution < -0.4 is 0 Å². The minimum Gasteiger partial charge on any atom is -0.308 e. The Balaban J connectivity index is 1.38. The van der Waals surface area contributed by atoms with Crippen molar-refractivity contribution in [1.82, 2.24) is 44.9 Å². The smallest absolute Gasteiger partial charge is 0.308 e. The van der Waals surface area contributed by atoms with E-state index < -0.39 is 11.9 Å². The van der Waals surface area contributed by atoms with Crippen LogP contribution in [0.25, 0.3) is 39.4 Å². The molecule has 0 aliphatic carbocycles. The van der Waals surface area contributed by atoms with Crippen LogP contribution in [0.3, 0.4) is 0 Å². The first-order chi connectivity index (χ1) is 19.2. The fourth-order valence-corrected chi connectivity index (χ4v) is 4.87. The predicted molar refractivity (Wildman–Crippen MR) is 143 cm³/mol. The highest BCUT2D eigenvalue weighted by molar-refractivity contribution is 5.82. The zero-order valence-electron chi connectivity index (χ0n) is 21.9. The number of H-pyrrole nitrogens is 1. The number of pyridine rings is 1. The lowest BCUT2D eigenvalue weighted by molar-refractivity contribution is -0.141. The molecule has 0 fully saturated rings.